The SMILES string of the molecule is CCOCCCCCn1cnc2nc(NCc3ccc(C)c(CC)c3)[nH]c(=O)c21. The van der Waals surface area contributed by atoms with Gasteiger partial charge in [-0.2, -0.15) is 4.98 Å². The van der Waals surface area contributed by atoms with Gasteiger partial charge < -0.3 is 14.6 Å². The van der Waals surface area contributed by atoms with Crippen molar-refractivity contribution < 1.29 is 4.74 Å². The minimum Gasteiger partial charge on any atom is -0.382 e. The molecule has 0 aliphatic heterocycles. The molecule has 0 spiro atoms. The first-order valence-electron chi connectivity index (χ1n) is 10.5. The van der Waals surface area contributed by atoms with Gasteiger partial charge in [0, 0.05) is 26.3 Å². The molecule has 2 aromatic heterocycles. The second-order valence-corrected chi connectivity index (χ2v) is 7.25. The molecule has 0 atom stereocenters. The van der Waals surface area contributed by atoms with Gasteiger partial charge in [-0.15, -0.1) is 0 Å². The van der Waals surface area contributed by atoms with Gasteiger partial charge in [0.1, 0.15) is 0 Å². The second-order valence-electron chi connectivity index (χ2n) is 7.25. The summed E-state index contributed by atoms with van der Waals surface area (Å²) >= 11 is 0. The first-order valence-corrected chi connectivity index (χ1v) is 10.5. The third-order valence-electron chi connectivity index (χ3n) is 5.13. The minimum absolute atomic E-state index is 0.164. The first kappa shape index (κ1) is 21.0. The molecule has 0 saturated carbocycles. The van der Waals surface area contributed by atoms with E-state index in [1.165, 1.54) is 11.1 Å². The van der Waals surface area contributed by atoms with Gasteiger partial charge in [0.05, 0.1) is 6.33 Å². The van der Waals surface area contributed by atoms with Crippen LogP contribution in [0.3, 0.4) is 0 Å². The van der Waals surface area contributed by atoms with Crippen molar-refractivity contribution in [2.75, 3.05) is 18.5 Å². The van der Waals surface area contributed by atoms with Crippen LogP contribution in [-0.2, 0) is 24.2 Å². The van der Waals surface area contributed by atoms with E-state index in [0.29, 0.717) is 23.7 Å². The summed E-state index contributed by atoms with van der Waals surface area (Å²) in [6.45, 7) is 9.18. The average molecular weight is 398 g/mol. The van der Waals surface area contributed by atoms with Gasteiger partial charge in [0.25, 0.3) is 5.56 Å². The van der Waals surface area contributed by atoms with Crippen molar-refractivity contribution in [3.05, 3.63) is 51.6 Å². The Morgan fingerprint density at radius 1 is 1.21 bits per heavy atom. The van der Waals surface area contributed by atoms with Crippen LogP contribution in [0.15, 0.2) is 29.3 Å². The Morgan fingerprint density at radius 2 is 2.07 bits per heavy atom. The highest BCUT2D eigenvalue weighted by molar-refractivity contribution is 5.70. The summed E-state index contributed by atoms with van der Waals surface area (Å²) in [6, 6.07) is 6.42. The lowest BCUT2D eigenvalue weighted by Crippen LogP contribution is -2.16. The van der Waals surface area contributed by atoms with Gasteiger partial charge in [-0.1, -0.05) is 25.1 Å². The number of ether oxygens (including phenoxy) is 1. The lowest BCUT2D eigenvalue weighted by atomic mass is 10.0. The predicted molar refractivity (Wildman–Crippen MR) is 116 cm³/mol. The number of unbranched alkanes of at least 4 members (excludes halogenated alkanes) is 2. The smallest absolute Gasteiger partial charge is 0.278 e. The predicted octanol–water partition coefficient (Wildman–Crippen LogP) is 3.81. The molecule has 0 aliphatic rings. The number of aromatic amines is 1. The Kier molecular flexibility index (Phi) is 7.41. The van der Waals surface area contributed by atoms with Crippen LogP contribution >= 0.6 is 0 Å². The van der Waals surface area contributed by atoms with Crippen LogP contribution in [0, 0.1) is 6.92 Å². The molecule has 3 aromatic rings. The molecule has 0 fully saturated rings. The summed E-state index contributed by atoms with van der Waals surface area (Å²) < 4.78 is 7.24. The maximum Gasteiger partial charge on any atom is 0.278 e. The van der Waals surface area contributed by atoms with Gasteiger partial charge >= 0.3 is 0 Å². The van der Waals surface area contributed by atoms with Crippen molar-refractivity contribution in [3.63, 3.8) is 0 Å². The van der Waals surface area contributed by atoms with E-state index >= 15 is 0 Å². The van der Waals surface area contributed by atoms with E-state index in [4.69, 9.17) is 4.74 Å². The number of benzene rings is 1. The van der Waals surface area contributed by atoms with Crippen LogP contribution in [0.2, 0.25) is 0 Å². The van der Waals surface area contributed by atoms with Gasteiger partial charge in [-0.3, -0.25) is 9.78 Å². The highest BCUT2D eigenvalue weighted by Gasteiger charge is 2.10. The Morgan fingerprint density at radius 3 is 2.86 bits per heavy atom. The standard InChI is InChI=1S/C22H31N5O2/c1-4-18-13-17(10-9-16(18)3)14-23-22-25-20-19(21(28)26-22)27(15-24-20)11-7-6-8-12-29-5-2/h9-10,13,15H,4-8,11-12,14H2,1-3H3,(H2,23,25,26,28). The van der Waals surface area contributed by atoms with Crippen molar-refractivity contribution in [3.8, 4) is 0 Å². The van der Waals surface area contributed by atoms with Crippen LogP contribution in [0.1, 0.15) is 49.8 Å². The van der Waals surface area contributed by atoms with Gasteiger partial charge in [-0.05, 0) is 56.2 Å². The van der Waals surface area contributed by atoms with Gasteiger partial charge in [0.15, 0.2) is 11.2 Å². The van der Waals surface area contributed by atoms with Crippen LogP contribution in [-0.4, -0.2) is 32.7 Å². The van der Waals surface area contributed by atoms with E-state index in [0.717, 1.165) is 51.0 Å². The fourth-order valence-electron chi connectivity index (χ4n) is 3.45. The molecular weight excluding hydrogens is 366 g/mol. The summed E-state index contributed by atoms with van der Waals surface area (Å²) in [5.41, 5.74) is 4.64. The monoisotopic (exact) mass is 397 g/mol. The van der Waals surface area contributed by atoms with Crippen molar-refractivity contribution in [1.82, 2.24) is 19.5 Å². The maximum atomic E-state index is 12.6. The molecule has 0 amide bonds. The molecule has 156 valence electrons. The Hall–Kier alpha value is -2.67. The lowest BCUT2D eigenvalue weighted by Gasteiger charge is -2.09. The molecule has 0 radical (unpaired) electrons. The molecular formula is C22H31N5O2. The zero-order chi connectivity index (χ0) is 20.6. The summed E-state index contributed by atoms with van der Waals surface area (Å²) in [4.78, 5) is 24.3. The van der Waals surface area contributed by atoms with E-state index in [-0.39, 0.29) is 5.56 Å². The molecule has 3 rings (SSSR count). The topological polar surface area (TPSA) is 84.8 Å². The fraction of sp³-hybridized carbons (Fsp3) is 0.500. The number of rotatable bonds is 11. The first-order chi connectivity index (χ1) is 14.1. The van der Waals surface area contributed by atoms with Crippen molar-refractivity contribution in [1.29, 1.82) is 0 Å². The number of nitrogens with one attached hydrogen (secondary N) is 2. The van der Waals surface area contributed by atoms with Crippen molar-refractivity contribution >= 4 is 17.1 Å². The van der Waals surface area contributed by atoms with Crippen LogP contribution in [0.25, 0.3) is 11.2 Å². The summed E-state index contributed by atoms with van der Waals surface area (Å²) in [5.74, 6) is 0.447. The fourth-order valence-corrected chi connectivity index (χ4v) is 3.45. The normalized spacial score (nSPS) is 11.3. The van der Waals surface area contributed by atoms with Crippen LogP contribution in [0.4, 0.5) is 5.95 Å². The molecule has 0 unspecified atom stereocenters. The maximum absolute atomic E-state index is 12.6. The van der Waals surface area contributed by atoms with Gasteiger partial charge in [-0.25, -0.2) is 4.98 Å². The molecule has 2 heterocycles. The van der Waals surface area contributed by atoms with E-state index in [2.05, 4.69) is 52.3 Å². The number of H-pyrrole nitrogens is 1. The zero-order valence-electron chi connectivity index (χ0n) is 17.6. The Labute approximate surface area is 171 Å². The number of anilines is 1. The van der Waals surface area contributed by atoms with Crippen molar-refractivity contribution in [2.45, 2.75) is 59.5 Å². The van der Waals surface area contributed by atoms with E-state index in [1.54, 1.807) is 6.33 Å². The zero-order valence-corrected chi connectivity index (χ0v) is 17.6. The number of aryl methyl sites for hydroxylation is 3. The van der Waals surface area contributed by atoms with E-state index in [9.17, 15) is 4.79 Å². The molecule has 7 nitrogen and oxygen atoms in total. The summed E-state index contributed by atoms with van der Waals surface area (Å²) in [5, 5.41) is 3.22. The number of hydrogen-bond acceptors (Lipinski definition) is 5. The highest BCUT2D eigenvalue weighted by Crippen LogP contribution is 2.14. The molecule has 0 bridgehead atoms. The molecule has 2 N–H and O–H groups in total. The molecule has 0 aliphatic carbocycles. The van der Waals surface area contributed by atoms with E-state index < -0.39 is 0 Å². The number of hydrogen-bond donors (Lipinski definition) is 2. The highest BCUT2D eigenvalue weighted by atomic mass is 16.5. The van der Waals surface area contributed by atoms with E-state index in [1.807, 2.05) is 11.5 Å². The quantitative estimate of drug-likeness (QED) is 0.481. The number of imidazole rings is 1. The second kappa shape index (κ2) is 10.2. The summed E-state index contributed by atoms with van der Waals surface area (Å²) in [6.07, 6.45) is 5.77. The van der Waals surface area contributed by atoms with Crippen molar-refractivity contribution in [2.24, 2.45) is 0 Å². The molecule has 7 heteroatoms. The summed E-state index contributed by atoms with van der Waals surface area (Å²) in [7, 11) is 0. The third-order valence-corrected chi connectivity index (χ3v) is 5.13. The van der Waals surface area contributed by atoms with Gasteiger partial charge in [0.2, 0.25) is 5.95 Å². The Balaban J connectivity index is 1.63. The van der Waals surface area contributed by atoms with Crippen LogP contribution < -0.4 is 10.9 Å². The molecule has 0 saturated heterocycles. The average Bonchev–Trinajstić information content (AvgIpc) is 3.13. The minimum atomic E-state index is -0.164. The number of fused-ring (bicyclic) bond motifs is 1. The molecule has 29 heavy (non-hydrogen) atoms. The largest absolute Gasteiger partial charge is 0.382 e. The number of nitrogens with zero attached hydrogens (tertiary/aromatic N) is 3. The lowest BCUT2D eigenvalue weighted by molar-refractivity contribution is 0.143. The van der Waals surface area contributed by atoms with Crippen LogP contribution in [0.5, 0.6) is 0 Å². The number of aromatic nitrogens is 4. The third kappa shape index (κ3) is 5.44. The molecule has 1 aromatic carbocycles. The Bertz CT molecular complexity index is 993.